The first-order valence-electron chi connectivity index (χ1n) is 8.54. The van der Waals surface area contributed by atoms with Crippen LogP contribution < -0.4 is 0 Å². The summed E-state index contributed by atoms with van der Waals surface area (Å²) >= 11 is 0. The molecule has 0 saturated heterocycles. The minimum atomic E-state index is -1.26. The lowest BCUT2D eigenvalue weighted by molar-refractivity contribution is -0.177. The molecule has 0 aliphatic carbocycles. The first-order valence-corrected chi connectivity index (χ1v) is 8.54. The highest BCUT2D eigenvalue weighted by Gasteiger charge is 2.35. The minimum absolute atomic E-state index is 0.173. The first-order chi connectivity index (χ1) is 12.7. The largest absolute Gasteiger partial charge is 0.394 e. The molecule has 2 rings (SSSR count). The van der Waals surface area contributed by atoms with Crippen molar-refractivity contribution in [2.75, 3.05) is 13.2 Å². The van der Waals surface area contributed by atoms with Crippen LogP contribution >= 0.6 is 0 Å². The molecule has 2 aromatic carbocycles. The van der Waals surface area contributed by atoms with Gasteiger partial charge in [0.2, 0.25) is 0 Å². The molecule has 2 aromatic rings. The fourth-order valence-corrected chi connectivity index (χ4v) is 2.59. The van der Waals surface area contributed by atoms with Gasteiger partial charge >= 0.3 is 0 Å². The van der Waals surface area contributed by atoms with Crippen molar-refractivity contribution in [3.63, 3.8) is 0 Å². The van der Waals surface area contributed by atoms with E-state index in [0.29, 0.717) is 0 Å². The fourth-order valence-electron chi connectivity index (χ4n) is 2.59. The van der Waals surface area contributed by atoms with E-state index in [4.69, 9.17) is 9.47 Å². The van der Waals surface area contributed by atoms with Gasteiger partial charge < -0.3 is 29.9 Å². The summed E-state index contributed by atoms with van der Waals surface area (Å²) in [6, 6.07) is 18.7. The Labute approximate surface area is 153 Å². The molecule has 0 aliphatic heterocycles. The highest BCUT2D eigenvalue weighted by molar-refractivity contribution is 5.14. The summed E-state index contributed by atoms with van der Waals surface area (Å²) in [6.45, 7) is -0.760. The molecule has 6 nitrogen and oxygen atoms in total. The second-order valence-corrected chi connectivity index (χ2v) is 6.02. The monoisotopic (exact) mass is 362 g/mol. The lowest BCUT2D eigenvalue weighted by Crippen LogP contribution is -2.50. The van der Waals surface area contributed by atoms with Crippen molar-refractivity contribution in [1.29, 1.82) is 0 Å². The molecule has 0 bridgehead atoms. The Morgan fingerprint density at radius 1 is 0.615 bits per heavy atom. The third-order valence-corrected chi connectivity index (χ3v) is 4.03. The van der Waals surface area contributed by atoms with Gasteiger partial charge in [-0.15, -0.1) is 0 Å². The average Bonchev–Trinajstić information content (AvgIpc) is 2.70. The quantitative estimate of drug-likeness (QED) is 0.473. The first kappa shape index (κ1) is 20.5. The van der Waals surface area contributed by atoms with Crippen LogP contribution in [0.25, 0.3) is 0 Å². The molecule has 0 fully saturated rings. The molecule has 0 saturated carbocycles. The maximum absolute atomic E-state index is 10.2. The predicted octanol–water partition coefficient (Wildman–Crippen LogP) is 0.864. The van der Waals surface area contributed by atoms with Gasteiger partial charge in [0.25, 0.3) is 0 Å². The van der Waals surface area contributed by atoms with E-state index in [2.05, 4.69) is 0 Å². The van der Waals surface area contributed by atoms with E-state index in [1.807, 2.05) is 60.7 Å². The van der Waals surface area contributed by atoms with Gasteiger partial charge in [-0.25, -0.2) is 0 Å². The number of hydrogen-bond donors (Lipinski definition) is 4. The number of rotatable bonds is 11. The van der Waals surface area contributed by atoms with Gasteiger partial charge in [0.1, 0.15) is 24.4 Å². The second kappa shape index (κ2) is 11.0. The Morgan fingerprint density at radius 3 is 1.27 bits per heavy atom. The maximum Gasteiger partial charge on any atom is 0.115 e. The number of aliphatic hydroxyl groups excluding tert-OH is 4. The summed E-state index contributed by atoms with van der Waals surface area (Å²) in [5.74, 6) is 0. The number of ether oxygens (including phenoxy) is 2. The van der Waals surface area contributed by atoms with Gasteiger partial charge in [0.05, 0.1) is 26.4 Å². The van der Waals surface area contributed by atoms with Gasteiger partial charge in [-0.2, -0.15) is 0 Å². The molecule has 142 valence electrons. The van der Waals surface area contributed by atoms with Crippen LogP contribution in [0.2, 0.25) is 0 Å². The molecule has 0 unspecified atom stereocenters. The lowest BCUT2D eigenvalue weighted by Gasteiger charge is -2.32. The van der Waals surface area contributed by atoms with E-state index in [0.717, 1.165) is 11.1 Å². The smallest absolute Gasteiger partial charge is 0.115 e. The van der Waals surface area contributed by atoms with Crippen molar-refractivity contribution in [3.05, 3.63) is 71.8 Å². The molecule has 4 atom stereocenters. The third kappa shape index (κ3) is 6.17. The van der Waals surface area contributed by atoms with Gasteiger partial charge in [0, 0.05) is 0 Å². The molecule has 0 spiro atoms. The molecule has 0 heterocycles. The van der Waals surface area contributed by atoms with E-state index < -0.39 is 37.6 Å². The zero-order valence-corrected chi connectivity index (χ0v) is 14.5. The molecule has 0 aliphatic rings. The highest BCUT2D eigenvalue weighted by atomic mass is 16.6. The summed E-state index contributed by atoms with van der Waals surface area (Å²) in [7, 11) is 0. The Balaban J connectivity index is 2.09. The standard InChI is InChI=1S/C20H26O6/c21-11-17(23)19(25-13-15-7-3-1-4-8-15)20(18(24)12-22)26-14-16-9-5-2-6-10-16/h1-10,17-24H,11-14H2/t17-,18-,19+,20+/m0/s1. The van der Waals surface area contributed by atoms with E-state index in [-0.39, 0.29) is 13.2 Å². The molecular weight excluding hydrogens is 336 g/mol. The van der Waals surface area contributed by atoms with E-state index in [1.54, 1.807) is 0 Å². The van der Waals surface area contributed by atoms with Crippen molar-refractivity contribution in [1.82, 2.24) is 0 Å². The number of benzene rings is 2. The third-order valence-electron chi connectivity index (χ3n) is 4.03. The van der Waals surface area contributed by atoms with Crippen molar-refractivity contribution < 1.29 is 29.9 Å². The van der Waals surface area contributed by atoms with Crippen LogP contribution in [0.1, 0.15) is 11.1 Å². The average molecular weight is 362 g/mol. The van der Waals surface area contributed by atoms with Crippen LogP contribution in [-0.4, -0.2) is 58.1 Å². The molecule has 6 heteroatoms. The normalized spacial score (nSPS) is 16.0. The van der Waals surface area contributed by atoms with Crippen LogP contribution in [-0.2, 0) is 22.7 Å². The predicted molar refractivity (Wildman–Crippen MR) is 96.2 cm³/mol. The zero-order valence-electron chi connectivity index (χ0n) is 14.5. The van der Waals surface area contributed by atoms with E-state index in [1.165, 1.54) is 0 Å². The van der Waals surface area contributed by atoms with Crippen molar-refractivity contribution in [3.8, 4) is 0 Å². The molecule has 0 radical (unpaired) electrons. The lowest BCUT2D eigenvalue weighted by atomic mass is 10.0. The fraction of sp³-hybridized carbons (Fsp3) is 0.400. The summed E-state index contributed by atoms with van der Waals surface area (Å²) in [4.78, 5) is 0. The molecule has 4 N–H and O–H groups in total. The SMILES string of the molecule is OC[C@H](O)[C@@H](OCc1ccccc1)[C@H](OCc1ccccc1)[C@@H](O)CO. The Bertz CT molecular complexity index is 551. The Hall–Kier alpha value is -1.80. The summed E-state index contributed by atoms with van der Waals surface area (Å²) in [5.41, 5.74) is 1.76. The van der Waals surface area contributed by atoms with Crippen LogP contribution in [0.5, 0.6) is 0 Å². The maximum atomic E-state index is 10.2. The topological polar surface area (TPSA) is 99.4 Å². The second-order valence-electron chi connectivity index (χ2n) is 6.02. The zero-order chi connectivity index (χ0) is 18.8. The van der Waals surface area contributed by atoms with Gasteiger partial charge in [0.15, 0.2) is 0 Å². The van der Waals surface area contributed by atoms with E-state index in [9.17, 15) is 20.4 Å². The van der Waals surface area contributed by atoms with Crippen molar-refractivity contribution >= 4 is 0 Å². The van der Waals surface area contributed by atoms with Gasteiger partial charge in [-0.3, -0.25) is 0 Å². The van der Waals surface area contributed by atoms with E-state index >= 15 is 0 Å². The minimum Gasteiger partial charge on any atom is -0.394 e. The van der Waals surface area contributed by atoms with Crippen molar-refractivity contribution in [2.45, 2.75) is 37.6 Å². The molecule has 0 aromatic heterocycles. The molecule has 26 heavy (non-hydrogen) atoms. The summed E-state index contributed by atoms with van der Waals surface area (Å²) in [5, 5.41) is 39.0. The summed E-state index contributed by atoms with van der Waals surface area (Å²) < 4.78 is 11.5. The van der Waals surface area contributed by atoms with Gasteiger partial charge in [-0.05, 0) is 11.1 Å². The van der Waals surface area contributed by atoms with Crippen LogP contribution in [0.3, 0.4) is 0 Å². The highest BCUT2D eigenvalue weighted by Crippen LogP contribution is 2.18. The molecular formula is C20H26O6. The Morgan fingerprint density at radius 2 is 0.962 bits per heavy atom. The Kier molecular flexibility index (Phi) is 8.70. The summed E-state index contributed by atoms with van der Waals surface area (Å²) in [6.07, 6.45) is -4.54. The molecule has 0 amide bonds. The van der Waals surface area contributed by atoms with Crippen LogP contribution in [0, 0.1) is 0 Å². The van der Waals surface area contributed by atoms with Crippen LogP contribution in [0.15, 0.2) is 60.7 Å². The van der Waals surface area contributed by atoms with Crippen molar-refractivity contribution in [2.24, 2.45) is 0 Å². The van der Waals surface area contributed by atoms with Crippen LogP contribution in [0.4, 0.5) is 0 Å². The van der Waals surface area contributed by atoms with Gasteiger partial charge in [-0.1, -0.05) is 60.7 Å². The number of hydrogen-bond acceptors (Lipinski definition) is 6. The number of aliphatic hydroxyl groups is 4.